The van der Waals surface area contributed by atoms with Gasteiger partial charge in [0.25, 0.3) is 0 Å². The summed E-state index contributed by atoms with van der Waals surface area (Å²) in [7, 11) is -3.05. The van der Waals surface area contributed by atoms with E-state index in [-0.39, 0.29) is 23.0 Å². The second kappa shape index (κ2) is 4.34. The fourth-order valence-electron chi connectivity index (χ4n) is 2.13. The molecule has 2 rings (SSSR count). The highest BCUT2D eigenvalue weighted by molar-refractivity contribution is 7.91. The van der Waals surface area contributed by atoms with Crippen LogP contribution in [0.3, 0.4) is 0 Å². The lowest BCUT2D eigenvalue weighted by atomic mass is 9.93. The molecule has 0 spiro atoms. The maximum atomic E-state index is 13.5. The molecule has 0 amide bonds. The minimum Gasteiger partial charge on any atom is -0.324 e. The van der Waals surface area contributed by atoms with Gasteiger partial charge in [0.15, 0.2) is 9.84 Å². The Bertz CT molecular complexity index is 530. The first-order chi connectivity index (χ1) is 7.89. The van der Waals surface area contributed by atoms with Gasteiger partial charge >= 0.3 is 0 Å². The molecule has 0 aliphatic carbocycles. The molecule has 1 aromatic rings. The smallest absolute Gasteiger partial charge is 0.150 e. The zero-order valence-electron chi connectivity index (χ0n) is 9.07. The van der Waals surface area contributed by atoms with Crippen LogP contribution in [0.25, 0.3) is 0 Å². The molecule has 0 bridgehead atoms. The third kappa shape index (κ3) is 2.63. The largest absolute Gasteiger partial charge is 0.324 e. The van der Waals surface area contributed by atoms with Crippen LogP contribution in [-0.4, -0.2) is 19.9 Å². The summed E-state index contributed by atoms with van der Waals surface area (Å²) in [5.41, 5.74) is 6.02. The van der Waals surface area contributed by atoms with Gasteiger partial charge in [-0.2, -0.15) is 0 Å². The van der Waals surface area contributed by atoms with Gasteiger partial charge in [-0.15, -0.1) is 0 Å². The second-order valence-corrected chi connectivity index (χ2v) is 6.58. The molecule has 1 heterocycles. The van der Waals surface area contributed by atoms with Gasteiger partial charge in [0.1, 0.15) is 11.6 Å². The molecule has 17 heavy (non-hydrogen) atoms. The van der Waals surface area contributed by atoms with E-state index in [0.717, 1.165) is 12.1 Å². The van der Waals surface area contributed by atoms with E-state index < -0.39 is 27.5 Å². The van der Waals surface area contributed by atoms with Crippen molar-refractivity contribution in [3.63, 3.8) is 0 Å². The lowest BCUT2D eigenvalue weighted by Crippen LogP contribution is -2.23. The number of benzene rings is 1. The van der Waals surface area contributed by atoms with E-state index in [2.05, 4.69) is 0 Å². The summed E-state index contributed by atoms with van der Waals surface area (Å²) in [6.45, 7) is 0. The van der Waals surface area contributed by atoms with Crippen molar-refractivity contribution in [3.8, 4) is 0 Å². The topological polar surface area (TPSA) is 60.2 Å². The van der Waals surface area contributed by atoms with Crippen LogP contribution in [0.4, 0.5) is 8.78 Å². The van der Waals surface area contributed by atoms with Gasteiger partial charge in [0, 0.05) is 17.7 Å². The average Bonchev–Trinajstić information content (AvgIpc) is 2.58. The molecular weight excluding hydrogens is 248 g/mol. The fourth-order valence-corrected chi connectivity index (χ4v) is 3.99. The average molecular weight is 261 g/mol. The first-order valence-electron chi connectivity index (χ1n) is 5.30. The van der Waals surface area contributed by atoms with Gasteiger partial charge in [0.05, 0.1) is 11.5 Å². The first kappa shape index (κ1) is 12.4. The van der Waals surface area contributed by atoms with Gasteiger partial charge in [0.2, 0.25) is 0 Å². The predicted molar refractivity (Wildman–Crippen MR) is 60.0 cm³/mol. The summed E-state index contributed by atoms with van der Waals surface area (Å²) in [6, 6.07) is 2.47. The maximum absolute atomic E-state index is 13.5. The van der Waals surface area contributed by atoms with Crippen LogP contribution in [0.2, 0.25) is 0 Å². The minimum absolute atomic E-state index is 0.0228. The number of hydrogen-bond donors (Lipinski definition) is 1. The van der Waals surface area contributed by atoms with E-state index >= 15 is 0 Å². The van der Waals surface area contributed by atoms with Gasteiger partial charge in [-0.1, -0.05) is 6.07 Å². The first-order valence-corrected chi connectivity index (χ1v) is 7.12. The molecule has 2 atom stereocenters. The van der Waals surface area contributed by atoms with E-state index in [1.165, 1.54) is 6.07 Å². The van der Waals surface area contributed by atoms with Crippen molar-refractivity contribution in [1.29, 1.82) is 0 Å². The maximum Gasteiger partial charge on any atom is 0.150 e. The van der Waals surface area contributed by atoms with Crippen molar-refractivity contribution in [2.75, 3.05) is 11.5 Å². The monoisotopic (exact) mass is 261 g/mol. The van der Waals surface area contributed by atoms with Crippen molar-refractivity contribution in [2.24, 2.45) is 11.7 Å². The molecule has 3 nitrogen and oxygen atoms in total. The lowest BCUT2D eigenvalue weighted by molar-refractivity contribution is 0.455. The molecule has 1 aromatic carbocycles. The third-order valence-corrected chi connectivity index (χ3v) is 4.89. The van der Waals surface area contributed by atoms with Gasteiger partial charge in [-0.3, -0.25) is 0 Å². The Morgan fingerprint density at radius 3 is 2.59 bits per heavy atom. The van der Waals surface area contributed by atoms with Crippen LogP contribution < -0.4 is 5.73 Å². The minimum atomic E-state index is -3.05. The van der Waals surface area contributed by atoms with Crippen molar-refractivity contribution < 1.29 is 17.2 Å². The van der Waals surface area contributed by atoms with E-state index in [0.29, 0.717) is 6.42 Å². The van der Waals surface area contributed by atoms with Crippen LogP contribution in [0.5, 0.6) is 0 Å². The number of halogens is 2. The van der Waals surface area contributed by atoms with Crippen molar-refractivity contribution in [1.82, 2.24) is 0 Å². The van der Waals surface area contributed by atoms with E-state index in [1.54, 1.807) is 0 Å². The summed E-state index contributed by atoms with van der Waals surface area (Å²) in [6.07, 6.45) is 0.431. The van der Waals surface area contributed by atoms with Crippen molar-refractivity contribution >= 4 is 9.84 Å². The Balaban J connectivity index is 2.23. The van der Waals surface area contributed by atoms with Crippen LogP contribution in [0, 0.1) is 17.6 Å². The zero-order valence-corrected chi connectivity index (χ0v) is 9.88. The van der Waals surface area contributed by atoms with Gasteiger partial charge in [-0.25, -0.2) is 17.2 Å². The number of nitrogens with two attached hydrogens (primary N) is 1. The highest BCUT2D eigenvalue weighted by atomic mass is 32.2. The Morgan fingerprint density at radius 2 is 2.06 bits per heavy atom. The number of sulfone groups is 1. The molecule has 1 aliphatic rings. The molecule has 0 radical (unpaired) electrons. The standard InChI is InChI=1S/C11H13F2NO2S/c12-8-1-2-9(10(13)5-8)11(14)7-3-4-17(15,16)6-7/h1-2,5,7,11H,3-4,6,14H2. The zero-order chi connectivity index (χ0) is 12.6. The van der Waals surface area contributed by atoms with E-state index in [4.69, 9.17) is 5.73 Å². The van der Waals surface area contributed by atoms with E-state index in [9.17, 15) is 17.2 Å². The highest BCUT2D eigenvalue weighted by Crippen LogP contribution is 2.30. The number of rotatable bonds is 2. The van der Waals surface area contributed by atoms with Crippen LogP contribution in [-0.2, 0) is 9.84 Å². The molecule has 0 saturated carbocycles. The molecule has 2 N–H and O–H groups in total. The molecular formula is C11H13F2NO2S. The third-order valence-electron chi connectivity index (χ3n) is 3.10. The summed E-state index contributed by atoms with van der Waals surface area (Å²) in [4.78, 5) is 0. The molecule has 1 saturated heterocycles. The highest BCUT2D eigenvalue weighted by Gasteiger charge is 2.33. The SMILES string of the molecule is NC(c1ccc(F)cc1F)C1CCS(=O)(=O)C1. The van der Waals surface area contributed by atoms with Gasteiger partial charge in [-0.05, 0) is 18.4 Å². The molecule has 2 unspecified atom stereocenters. The summed E-state index contributed by atoms with van der Waals surface area (Å²) < 4.78 is 48.8. The van der Waals surface area contributed by atoms with Crippen LogP contribution in [0.1, 0.15) is 18.0 Å². The summed E-state index contributed by atoms with van der Waals surface area (Å²) in [5, 5.41) is 0. The van der Waals surface area contributed by atoms with Crippen molar-refractivity contribution in [3.05, 3.63) is 35.4 Å². The lowest BCUT2D eigenvalue weighted by Gasteiger charge is -2.18. The quantitative estimate of drug-likeness (QED) is 0.875. The second-order valence-electron chi connectivity index (χ2n) is 4.35. The molecule has 0 aromatic heterocycles. The fraction of sp³-hybridized carbons (Fsp3) is 0.455. The molecule has 1 aliphatic heterocycles. The van der Waals surface area contributed by atoms with Crippen LogP contribution >= 0.6 is 0 Å². The summed E-state index contributed by atoms with van der Waals surface area (Å²) >= 11 is 0. The predicted octanol–water partition coefficient (Wildman–Crippen LogP) is 1.40. The van der Waals surface area contributed by atoms with E-state index in [1.807, 2.05) is 0 Å². The number of hydrogen-bond acceptors (Lipinski definition) is 3. The van der Waals surface area contributed by atoms with Crippen molar-refractivity contribution in [2.45, 2.75) is 12.5 Å². The normalized spacial score (nSPS) is 24.8. The Labute approximate surface area is 98.5 Å². The summed E-state index contributed by atoms with van der Waals surface area (Å²) in [5.74, 6) is -1.61. The van der Waals surface area contributed by atoms with Crippen LogP contribution in [0.15, 0.2) is 18.2 Å². The Kier molecular flexibility index (Phi) is 3.18. The Hall–Kier alpha value is -1.01. The van der Waals surface area contributed by atoms with Gasteiger partial charge < -0.3 is 5.73 Å². The molecule has 1 fully saturated rings. The Morgan fingerprint density at radius 1 is 1.35 bits per heavy atom. The molecule has 94 valence electrons. The molecule has 6 heteroatoms.